The van der Waals surface area contributed by atoms with Crippen molar-refractivity contribution in [2.75, 3.05) is 0 Å². The lowest BCUT2D eigenvalue weighted by molar-refractivity contribution is 0.473. The number of fused-ring (bicyclic) bond motifs is 5. The number of thiazole rings is 1. The van der Waals surface area contributed by atoms with E-state index in [0.29, 0.717) is 0 Å². The van der Waals surface area contributed by atoms with Crippen LogP contribution in [0.3, 0.4) is 0 Å². The number of aromatic nitrogens is 2. The molecule has 2 aromatic heterocycles. The van der Waals surface area contributed by atoms with Crippen molar-refractivity contribution < 1.29 is 5.11 Å². The molecule has 0 aliphatic carbocycles. The lowest BCUT2D eigenvalue weighted by Crippen LogP contribution is -2.12. The largest absolute Gasteiger partial charge is 0.505 e. The van der Waals surface area contributed by atoms with Crippen LogP contribution < -0.4 is 0 Å². The molecule has 0 saturated heterocycles. The Bertz CT molecular complexity index is 2250. The third-order valence-corrected chi connectivity index (χ3v) is 9.40. The average Bonchev–Trinajstić information content (AvgIpc) is 3.63. The molecule has 0 bridgehead atoms. The first-order valence-corrected chi connectivity index (χ1v) is 15.5. The summed E-state index contributed by atoms with van der Waals surface area (Å²) in [6, 6.07) is 40.4. The number of para-hydroxylation sites is 2. The predicted molar refractivity (Wildman–Crippen MR) is 183 cm³/mol. The molecule has 8 rings (SSSR count). The van der Waals surface area contributed by atoms with E-state index in [-0.39, 0.29) is 11.2 Å². The summed E-state index contributed by atoms with van der Waals surface area (Å²) in [4.78, 5) is 5.23. The van der Waals surface area contributed by atoms with Crippen molar-refractivity contribution in [3.05, 3.63) is 126 Å². The molecule has 2 heterocycles. The first kappa shape index (κ1) is 25.8. The molecule has 3 nitrogen and oxygen atoms in total. The van der Waals surface area contributed by atoms with Crippen molar-refractivity contribution in [1.29, 1.82) is 0 Å². The van der Waals surface area contributed by atoms with Gasteiger partial charge < -0.3 is 9.67 Å². The van der Waals surface area contributed by atoms with Gasteiger partial charge >= 0.3 is 0 Å². The van der Waals surface area contributed by atoms with Gasteiger partial charge in [0.2, 0.25) is 0 Å². The number of phenolic OH excluding ortho intramolecular Hbond substituents is 1. The van der Waals surface area contributed by atoms with Gasteiger partial charge in [0.05, 0.1) is 22.4 Å². The Kier molecular flexibility index (Phi) is 5.72. The number of rotatable bonds is 3. The quantitative estimate of drug-likeness (QED) is 0.213. The summed E-state index contributed by atoms with van der Waals surface area (Å²) in [5, 5.41) is 22.2. The van der Waals surface area contributed by atoms with Crippen molar-refractivity contribution in [2.45, 2.75) is 26.2 Å². The third kappa shape index (κ3) is 4.05. The summed E-state index contributed by atoms with van der Waals surface area (Å²) >= 11 is 1.63. The number of nitrogens with zero attached hydrogens (tertiary/aromatic N) is 2. The highest BCUT2D eigenvalue weighted by Gasteiger charge is 2.24. The normalized spacial score (nSPS) is 12.2. The van der Waals surface area contributed by atoms with Crippen molar-refractivity contribution in [2.24, 2.45) is 0 Å². The van der Waals surface area contributed by atoms with Crippen LogP contribution in [0.15, 0.2) is 121 Å². The molecular formula is C39H30N2OS. The van der Waals surface area contributed by atoms with E-state index in [1.807, 2.05) is 0 Å². The molecule has 208 valence electrons. The third-order valence-electron chi connectivity index (χ3n) is 8.54. The van der Waals surface area contributed by atoms with Crippen LogP contribution in [-0.4, -0.2) is 14.7 Å². The molecule has 0 fully saturated rings. The van der Waals surface area contributed by atoms with Crippen molar-refractivity contribution in [3.8, 4) is 33.3 Å². The minimum atomic E-state index is -0.138. The second kappa shape index (κ2) is 9.55. The zero-order valence-electron chi connectivity index (χ0n) is 24.3. The average molecular weight is 575 g/mol. The predicted octanol–water partition coefficient (Wildman–Crippen LogP) is 10.9. The summed E-state index contributed by atoms with van der Waals surface area (Å²) in [6.45, 7) is 6.65. The Balaban J connectivity index is 1.39. The number of hydrogen-bond donors (Lipinski definition) is 1. The first-order valence-electron chi connectivity index (χ1n) is 14.6. The van der Waals surface area contributed by atoms with E-state index in [1.165, 1.54) is 32.3 Å². The molecule has 0 aliphatic rings. The fraction of sp³-hybridized carbons (Fsp3) is 0.103. The van der Waals surface area contributed by atoms with E-state index in [4.69, 9.17) is 4.98 Å². The van der Waals surface area contributed by atoms with Gasteiger partial charge in [-0.1, -0.05) is 106 Å². The Morgan fingerprint density at radius 3 is 1.77 bits per heavy atom. The van der Waals surface area contributed by atoms with E-state index in [9.17, 15) is 5.11 Å². The fourth-order valence-electron chi connectivity index (χ4n) is 6.36. The van der Waals surface area contributed by atoms with Crippen LogP contribution in [0.4, 0.5) is 0 Å². The molecule has 8 aromatic rings. The van der Waals surface area contributed by atoms with Gasteiger partial charge in [0.25, 0.3) is 0 Å². The number of hydrogen-bond acceptors (Lipinski definition) is 3. The van der Waals surface area contributed by atoms with Crippen LogP contribution in [0.25, 0.3) is 70.9 Å². The number of benzene rings is 6. The smallest absolute Gasteiger partial charge is 0.149 e. The molecule has 43 heavy (non-hydrogen) atoms. The summed E-state index contributed by atoms with van der Waals surface area (Å²) < 4.78 is 2.20. The molecule has 4 heteroatoms. The topological polar surface area (TPSA) is 38.1 Å². The SMILES string of the molecule is CC(C)(C)c1cc(-c2csc(-c3c4ccccc4cc4ccccc34)n2)c(O)c(-n2c3ccccc3c3ccccc32)c1. The van der Waals surface area contributed by atoms with Gasteiger partial charge in [-0.05, 0) is 62.9 Å². The van der Waals surface area contributed by atoms with Crippen LogP contribution in [-0.2, 0) is 5.41 Å². The summed E-state index contributed by atoms with van der Waals surface area (Å²) in [7, 11) is 0. The van der Waals surface area contributed by atoms with Crippen LogP contribution in [0.5, 0.6) is 5.75 Å². The van der Waals surface area contributed by atoms with Gasteiger partial charge in [-0.25, -0.2) is 4.98 Å². The second-order valence-corrected chi connectivity index (χ2v) is 13.1. The van der Waals surface area contributed by atoms with Crippen LogP contribution in [0, 0.1) is 0 Å². The van der Waals surface area contributed by atoms with Gasteiger partial charge in [0.15, 0.2) is 0 Å². The highest BCUT2D eigenvalue weighted by atomic mass is 32.1. The minimum Gasteiger partial charge on any atom is -0.505 e. The van der Waals surface area contributed by atoms with Crippen LogP contribution in [0.2, 0.25) is 0 Å². The zero-order valence-corrected chi connectivity index (χ0v) is 25.1. The molecule has 0 spiro atoms. The minimum absolute atomic E-state index is 0.138. The van der Waals surface area contributed by atoms with E-state index >= 15 is 0 Å². The van der Waals surface area contributed by atoms with Crippen molar-refractivity contribution in [1.82, 2.24) is 9.55 Å². The van der Waals surface area contributed by atoms with E-state index in [2.05, 4.69) is 146 Å². The first-order chi connectivity index (χ1) is 20.9. The molecule has 0 atom stereocenters. The number of phenols is 1. The Morgan fingerprint density at radius 2 is 1.19 bits per heavy atom. The maximum absolute atomic E-state index is 12.1. The lowest BCUT2D eigenvalue weighted by atomic mass is 9.85. The number of aromatic hydroxyl groups is 1. The highest BCUT2D eigenvalue weighted by Crippen LogP contribution is 2.45. The van der Waals surface area contributed by atoms with Gasteiger partial charge in [-0.3, -0.25) is 0 Å². The van der Waals surface area contributed by atoms with Gasteiger partial charge in [-0.2, -0.15) is 0 Å². The monoisotopic (exact) mass is 574 g/mol. The molecule has 1 N–H and O–H groups in total. The zero-order chi connectivity index (χ0) is 29.3. The molecule has 6 aromatic carbocycles. The van der Waals surface area contributed by atoms with Gasteiger partial charge in [0, 0.05) is 27.3 Å². The molecule has 0 aliphatic heterocycles. The van der Waals surface area contributed by atoms with E-state index in [0.717, 1.165) is 44.1 Å². The molecule has 0 amide bonds. The fourth-order valence-corrected chi connectivity index (χ4v) is 7.25. The summed E-state index contributed by atoms with van der Waals surface area (Å²) in [6.07, 6.45) is 0. The van der Waals surface area contributed by atoms with Crippen LogP contribution >= 0.6 is 11.3 Å². The van der Waals surface area contributed by atoms with Crippen molar-refractivity contribution in [3.63, 3.8) is 0 Å². The highest BCUT2D eigenvalue weighted by molar-refractivity contribution is 7.13. The standard InChI is InChI=1S/C39H30N2OS/c1-39(2,3)26-21-31(37(42)35(22-26)41-33-18-10-8-16-29(33)30-17-9-11-19-34(30)41)32-23-43-38(40-32)36-27-14-6-4-12-24(27)20-25-13-5-7-15-28(25)36/h4-23,42H,1-3H3. The Labute approximate surface area is 254 Å². The lowest BCUT2D eigenvalue weighted by Gasteiger charge is -2.23. The molecular weight excluding hydrogens is 545 g/mol. The molecule has 0 saturated carbocycles. The Morgan fingerprint density at radius 1 is 0.651 bits per heavy atom. The van der Waals surface area contributed by atoms with Crippen molar-refractivity contribution >= 4 is 54.7 Å². The maximum Gasteiger partial charge on any atom is 0.149 e. The second-order valence-electron chi connectivity index (χ2n) is 12.2. The Hall–Kier alpha value is -4.93. The van der Waals surface area contributed by atoms with Gasteiger partial charge in [0.1, 0.15) is 10.8 Å². The van der Waals surface area contributed by atoms with E-state index in [1.54, 1.807) is 11.3 Å². The molecule has 0 unspecified atom stereocenters. The maximum atomic E-state index is 12.1. The van der Waals surface area contributed by atoms with Gasteiger partial charge in [-0.15, -0.1) is 11.3 Å². The van der Waals surface area contributed by atoms with Crippen LogP contribution in [0.1, 0.15) is 26.3 Å². The summed E-state index contributed by atoms with van der Waals surface area (Å²) in [5.41, 5.74) is 6.57. The van der Waals surface area contributed by atoms with E-state index < -0.39 is 0 Å². The molecule has 0 radical (unpaired) electrons. The summed E-state index contributed by atoms with van der Waals surface area (Å²) in [5.74, 6) is 0.235.